The molecule has 2 aromatic carbocycles. The second-order valence-corrected chi connectivity index (χ2v) is 6.12. The molecular weight excluding hydrogens is 379 g/mol. The molecule has 0 saturated carbocycles. The van der Waals surface area contributed by atoms with Gasteiger partial charge in [-0.05, 0) is 70.8 Å². The van der Waals surface area contributed by atoms with E-state index in [9.17, 15) is 5.11 Å². The first-order chi connectivity index (χ1) is 10.1. The molecule has 1 N–H and O–H groups in total. The maximum atomic E-state index is 10.2. The lowest BCUT2D eigenvalue weighted by Gasteiger charge is -2.13. The van der Waals surface area contributed by atoms with E-state index < -0.39 is 6.10 Å². The molecule has 3 nitrogen and oxygen atoms in total. The van der Waals surface area contributed by atoms with Crippen molar-refractivity contribution in [2.45, 2.75) is 18.9 Å². The average molecular weight is 398 g/mol. The van der Waals surface area contributed by atoms with E-state index in [2.05, 4.69) is 46.9 Å². The summed E-state index contributed by atoms with van der Waals surface area (Å²) in [6.45, 7) is 0. The third-order valence-corrected chi connectivity index (χ3v) is 4.02. The maximum absolute atomic E-state index is 10.2. The predicted octanol–water partition coefficient (Wildman–Crippen LogP) is 3.45. The summed E-state index contributed by atoms with van der Waals surface area (Å²) in [6.07, 6.45) is 0.820. The standard InChI is InChI=1S/C17H19IO3/c1-20-16-8-5-13(11-17(16)21-2)10-15(19)9-12-3-6-14(18)7-4-12/h3-8,11,15,19H,9-10H2,1-2H3. The van der Waals surface area contributed by atoms with E-state index in [1.165, 1.54) is 3.57 Å². The molecule has 4 heteroatoms. The van der Waals surface area contributed by atoms with Gasteiger partial charge in [-0.15, -0.1) is 0 Å². The van der Waals surface area contributed by atoms with Gasteiger partial charge in [-0.25, -0.2) is 0 Å². The van der Waals surface area contributed by atoms with Crippen LogP contribution in [0.15, 0.2) is 42.5 Å². The zero-order valence-electron chi connectivity index (χ0n) is 12.2. The highest BCUT2D eigenvalue weighted by Gasteiger charge is 2.10. The average Bonchev–Trinajstić information content (AvgIpc) is 2.49. The fraction of sp³-hybridized carbons (Fsp3) is 0.294. The Morgan fingerprint density at radius 2 is 1.48 bits per heavy atom. The molecule has 0 aromatic heterocycles. The molecule has 1 atom stereocenters. The van der Waals surface area contributed by atoms with E-state index in [0.717, 1.165) is 11.1 Å². The van der Waals surface area contributed by atoms with Crippen molar-refractivity contribution in [3.63, 3.8) is 0 Å². The lowest BCUT2D eigenvalue weighted by molar-refractivity contribution is 0.175. The molecule has 0 aliphatic heterocycles. The minimum atomic E-state index is -0.414. The molecule has 112 valence electrons. The first kappa shape index (κ1) is 16.1. The molecule has 0 fully saturated rings. The van der Waals surface area contributed by atoms with Crippen LogP contribution in [0.5, 0.6) is 11.5 Å². The van der Waals surface area contributed by atoms with Gasteiger partial charge in [0.1, 0.15) is 0 Å². The molecule has 0 saturated heterocycles. The van der Waals surface area contributed by atoms with Gasteiger partial charge in [0, 0.05) is 3.57 Å². The molecule has 0 bridgehead atoms. The number of aliphatic hydroxyl groups is 1. The van der Waals surface area contributed by atoms with Crippen molar-refractivity contribution in [1.82, 2.24) is 0 Å². The minimum absolute atomic E-state index is 0.414. The Morgan fingerprint density at radius 1 is 0.905 bits per heavy atom. The van der Waals surface area contributed by atoms with Crippen molar-refractivity contribution in [3.8, 4) is 11.5 Å². The molecule has 0 aliphatic rings. The molecule has 2 aromatic rings. The van der Waals surface area contributed by atoms with Crippen LogP contribution in [-0.2, 0) is 12.8 Å². The number of halogens is 1. The van der Waals surface area contributed by atoms with Gasteiger partial charge < -0.3 is 14.6 Å². The summed E-state index contributed by atoms with van der Waals surface area (Å²) in [5.41, 5.74) is 2.18. The van der Waals surface area contributed by atoms with Crippen LogP contribution in [0.25, 0.3) is 0 Å². The summed E-state index contributed by atoms with van der Waals surface area (Å²) in [7, 11) is 3.23. The fourth-order valence-corrected chi connectivity index (χ4v) is 2.60. The molecule has 0 heterocycles. The Bertz CT molecular complexity index is 581. The Balaban J connectivity index is 2.02. The van der Waals surface area contributed by atoms with Crippen molar-refractivity contribution in [3.05, 3.63) is 57.2 Å². The molecule has 0 spiro atoms. The quantitative estimate of drug-likeness (QED) is 0.758. The molecule has 0 radical (unpaired) electrons. The number of benzene rings is 2. The largest absolute Gasteiger partial charge is 0.493 e. The van der Waals surface area contributed by atoms with Gasteiger partial charge in [-0.3, -0.25) is 0 Å². The van der Waals surface area contributed by atoms with Gasteiger partial charge in [0.15, 0.2) is 11.5 Å². The normalized spacial score (nSPS) is 12.0. The summed E-state index contributed by atoms with van der Waals surface area (Å²) in [6, 6.07) is 14.0. The van der Waals surface area contributed by atoms with Gasteiger partial charge in [-0.2, -0.15) is 0 Å². The first-order valence-corrected chi connectivity index (χ1v) is 7.83. The van der Waals surface area contributed by atoms with Crippen LogP contribution < -0.4 is 9.47 Å². The zero-order chi connectivity index (χ0) is 15.2. The summed E-state index contributed by atoms with van der Waals surface area (Å²) in [4.78, 5) is 0. The van der Waals surface area contributed by atoms with E-state index in [0.29, 0.717) is 24.3 Å². The number of ether oxygens (including phenoxy) is 2. The number of aliphatic hydroxyl groups excluding tert-OH is 1. The lowest BCUT2D eigenvalue weighted by atomic mass is 10.0. The van der Waals surface area contributed by atoms with Gasteiger partial charge in [-0.1, -0.05) is 18.2 Å². The second kappa shape index (κ2) is 7.66. The Morgan fingerprint density at radius 3 is 2.10 bits per heavy atom. The minimum Gasteiger partial charge on any atom is -0.493 e. The third-order valence-electron chi connectivity index (χ3n) is 3.30. The fourth-order valence-electron chi connectivity index (χ4n) is 2.24. The van der Waals surface area contributed by atoms with E-state index in [1.54, 1.807) is 14.2 Å². The smallest absolute Gasteiger partial charge is 0.160 e. The van der Waals surface area contributed by atoms with Crippen molar-refractivity contribution < 1.29 is 14.6 Å². The van der Waals surface area contributed by atoms with Crippen molar-refractivity contribution in [2.24, 2.45) is 0 Å². The first-order valence-electron chi connectivity index (χ1n) is 6.75. The number of hydrogen-bond acceptors (Lipinski definition) is 3. The highest BCUT2D eigenvalue weighted by atomic mass is 127. The molecular formula is C17H19IO3. The van der Waals surface area contributed by atoms with E-state index in [4.69, 9.17) is 9.47 Å². The molecule has 2 rings (SSSR count). The SMILES string of the molecule is COc1ccc(CC(O)Cc2ccc(I)cc2)cc1OC. The van der Waals surface area contributed by atoms with E-state index in [-0.39, 0.29) is 0 Å². The van der Waals surface area contributed by atoms with Crippen LogP contribution in [0.2, 0.25) is 0 Å². The summed E-state index contributed by atoms with van der Waals surface area (Å²) >= 11 is 2.27. The van der Waals surface area contributed by atoms with E-state index >= 15 is 0 Å². The second-order valence-electron chi connectivity index (χ2n) is 4.88. The van der Waals surface area contributed by atoms with Crippen LogP contribution in [-0.4, -0.2) is 25.4 Å². The summed E-state index contributed by atoms with van der Waals surface area (Å²) in [5.74, 6) is 1.39. The third kappa shape index (κ3) is 4.61. The Kier molecular flexibility index (Phi) is 5.87. The monoisotopic (exact) mass is 398 g/mol. The van der Waals surface area contributed by atoms with E-state index in [1.807, 2.05) is 18.2 Å². The molecule has 1 unspecified atom stereocenters. The topological polar surface area (TPSA) is 38.7 Å². The van der Waals surface area contributed by atoms with Crippen molar-refractivity contribution in [1.29, 1.82) is 0 Å². The predicted molar refractivity (Wildman–Crippen MR) is 92.1 cm³/mol. The van der Waals surface area contributed by atoms with Crippen LogP contribution in [0.1, 0.15) is 11.1 Å². The van der Waals surface area contributed by atoms with Gasteiger partial charge in [0.05, 0.1) is 20.3 Å². The number of methoxy groups -OCH3 is 2. The Labute approximate surface area is 139 Å². The summed E-state index contributed by atoms with van der Waals surface area (Å²) < 4.78 is 11.7. The summed E-state index contributed by atoms with van der Waals surface area (Å²) in [5, 5.41) is 10.2. The zero-order valence-corrected chi connectivity index (χ0v) is 14.3. The van der Waals surface area contributed by atoms with Gasteiger partial charge >= 0.3 is 0 Å². The van der Waals surface area contributed by atoms with Gasteiger partial charge in [0.2, 0.25) is 0 Å². The molecule has 0 aliphatic carbocycles. The molecule has 0 amide bonds. The van der Waals surface area contributed by atoms with Crippen LogP contribution in [0.3, 0.4) is 0 Å². The maximum Gasteiger partial charge on any atom is 0.160 e. The Hall–Kier alpha value is -1.27. The van der Waals surface area contributed by atoms with Crippen molar-refractivity contribution >= 4 is 22.6 Å². The van der Waals surface area contributed by atoms with Crippen LogP contribution in [0, 0.1) is 3.57 Å². The lowest BCUT2D eigenvalue weighted by Crippen LogP contribution is -2.14. The van der Waals surface area contributed by atoms with Crippen molar-refractivity contribution in [2.75, 3.05) is 14.2 Å². The molecule has 21 heavy (non-hydrogen) atoms. The number of rotatable bonds is 6. The van der Waals surface area contributed by atoms with Crippen LogP contribution in [0.4, 0.5) is 0 Å². The number of hydrogen-bond donors (Lipinski definition) is 1. The highest BCUT2D eigenvalue weighted by Crippen LogP contribution is 2.28. The highest BCUT2D eigenvalue weighted by molar-refractivity contribution is 14.1. The van der Waals surface area contributed by atoms with Crippen LogP contribution >= 0.6 is 22.6 Å². The van der Waals surface area contributed by atoms with Gasteiger partial charge in [0.25, 0.3) is 0 Å².